The Hall–Kier alpha value is -8.15. The molecule has 0 atom stereocenters. The molecule has 280 valence electrons. The molecule has 0 saturated carbocycles. The number of para-hydroxylation sites is 3. The molecule has 0 amide bonds. The van der Waals surface area contributed by atoms with Crippen LogP contribution in [-0.4, -0.2) is 15.0 Å². The van der Waals surface area contributed by atoms with Crippen LogP contribution in [0.4, 0.5) is 0 Å². The lowest BCUT2D eigenvalue weighted by atomic mass is 9.97. The van der Waals surface area contributed by atoms with Gasteiger partial charge in [0.25, 0.3) is 0 Å². The van der Waals surface area contributed by atoms with Gasteiger partial charge in [-0.25, -0.2) is 15.0 Å². The van der Waals surface area contributed by atoms with E-state index in [-0.39, 0.29) is 0 Å². The summed E-state index contributed by atoms with van der Waals surface area (Å²) < 4.78 is 13.0. The number of hydrogen-bond donors (Lipinski definition) is 0. The summed E-state index contributed by atoms with van der Waals surface area (Å²) in [6.07, 6.45) is 0. The highest BCUT2D eigenvalue weighted by molar-refractivity contribution is 6.21. The molecule has 60 heavy (non-hydrogen) atoms. The van der Waals surface area contributed by atoms with Gasteiger partial charge in [0, 0.05) is 54.7 Å². The SMILES string of the molecule is c1ccc(-c2cc(-c3ccc(-c4ccc(-c5nc6cc(-c7cccc8c7oc7ccccc78)ccc6c6c5oc5ccccc56)cc4)cc3)nc(-c3ccccc3)n2)cc1. The van der Waals surface area contributed by atoms with Gasteiger partial charge < -0.3 is 8.83 Å². The second-order valence-electron chi connectivity index (χ2n) is 15.1. The molecule has 12 rings (SSSR count). The number of benzene rings is 8. The van der Waals surface area contributed by atoms with E-state index in [0.29, 0.717) is 5.82 Å². The first-order valence-corrected chi connectivity index (χ1v) is 20.1. The number of rotatable bonds is 6. The molecule has 5 nitrogen and oxygen atoms in total. The van der Waals surface area contributed by atoms with Crippen LogP contribution in [0.15, 0.2) is 209 Å². The molecule has 0 spiro atoms. The van der Waals surface area contributed by atoms with Gasteiger partial charge in [-0.05, 0) is 41.0 Å². The molecule has 0 radical (unpaired) electrons. The molecule has 0 aliphatic carbocycles. The third-order valence-corrected chi connectivity index (χ3v) is 11.5. The smallest absolute Gasteiger partial charge is 0.162 e. The summed E-state index contributed by atoms with van der Waals surface area (Å²) in [5.74, 6) is 0.701. The van der Waals surface area contributed by atoms with Gasteiger partial charge in [-0.15, -0.1) is 0 Å². The van der Waals surface area contributed by atoms with Crippen molar-refractivity contribution in [1.29, 1.82) is 0 Å². The molecule has 12 aromatic rings. The van der Waals surface area contributed by atoms with Crippen LogP contribution in [0.5, 0.6) is 0 Å². The zero-order valence-corrected chi connectivity index (χ0v) is 32.2. The van der Waals surface area contributed by atoms with Crippen molar-refractivity contribution in [3.05, 3.63) is 200 Å². The van der Waals surface area contributed by atoms with E-state index >= 15 is 0 Å². The van der Waals surface area contributed by atoms with Crippen molar-refractivity contribution in [3.63, 3.8) is 0 Å². The highest BCUT2D eigenvalue weighted by Gasteiger charge is 2.20. The van der Waals surface area contributed by atoms with Crippen molar-refractivity contribution in [2.24, 2.45) is 0 Å². The largest absolute Gasteiger partial charge is 0.455 e. The molecular weight excluding hydrogens is 735 g/mol. The van der Waals surface area contributed by atoms with Crippen molar-refractivity contribution in [3.8, 4) is 67.4 Å². The van der Waals surface area contributed by atoms with E-state index in [1.807, 2.05) is 60.7 Å². The standard InChI is InChI=1S/C55H33N3O2/c1-3-12-36(13-4-1)46-33-47(58-55(57-46)39-14-5-2-6-15-39)37-26-22-34(23-27-37)35-24-28-38(29-25-35)52-54-51(45-17-8-10-21-50(45)60-54)44-31-30-40(32-48(44)56-52)41-18-11-19-43-42-16-7-9-20-49(42)59-53(41)43/h1-33H. The van der Waals surface area contributed by atoms with Gasteiger partial charge in [0.2, 0.25) is 0 Å². The van der Waals surface area contributed by atoms with Crippen LogP contribution in [-0.2, 0) is 0 Å². The molecular formula is C55H33N3O2. The molecule has 0 unspecified atom stereocenters. The van der Waals surface area contributed by atoms with Crippen LogP contribution in [0.2, 0.25) is 0 Å². The summed E-state index contributed by atoms with van der Waals surface area (Å²) >= 11 is 0. The minimum Gasteiger partial charge on any atom is -0.455 e. The summed E-state index contributed by atoms with van der Waals surface area (Å²) in [6, 6.07) is 69.0. The van der Waals surface area contributed by atoms with E-state index in [1.165, 1.54) is 0 Å². The molecule has 4 aromatic heterocycles. The number of hydrogen-bond acceptors (Lipinski definition) is 5. The quantitative estimate of drug-likeness (QED) is 0.169. The minimum atomic E-state index is 0.701. The number of furan rings is 2. The summed E-state index contributed by atoms with van der Waals surface area (Å²) in [5.41, 5.74) is 15.2. The van der Waals surface area contributed by atoms with Crippen molar-refractivity contribution >= 4 is 54.8 Å². The summed E-state index contributed by atoms with van der Waals surface area (Å²) in [5, 5.41) is 5.40. The highest BCUT2D eigenvalue weighted by Crippen LogP contribution is 2.42. The minimum absolute atomic E-state index is 0.701. The number of fused-ring (bicyclic) bond motifs is 8. The summed E-state index contributed by atoms with van der Waals surface area (Å²) in [6.45, 7) is 0. The average molecular weight is 768 g/mol. The number of nitrogens with zero attached hydrogens (tertiary/aromatic N) is 3. The Morgan fingerprint density at radius 2 is 0.850 bits per heavy atom. The molecule has 0 aliphatic heterocycles. The second-order valence-corrected chi connectivity index (χ2v) is 15.1. The van der Waals surface area contributed by atoms with Crippen LogP contribution in [0.25, 0.3) is 122 Å². The van der Waals surface area contributed by atoms with Gasteiger partial charge in [-0.3, -0.25) is 0 Å². The first kappa shape index (κ1) is 33.9. The van der Waals surface area contributed by atoms with Crippen LogP contribution in [0, 0.1) is 0 Å². The Morgan fingerprint density at radius 1 is 0.317 bits per heavy atom. The Balaban J connectivity index is 0.928. The monoisotopic (exact) mass is 767 g/mol. The summed E-state index contributed by atoms with van der Waals surface area (Å²) in [7, 11) is 0. The second kappa shape index (κ2) is 13.8. The van der Waals surface area contributed by atoms with E-state index in [2.05, 4.69) is 140 Å². The van der Waals surface area contributed by atoms with Gasteiger partial charge in [-0.1, -0.05) is 176 Å². The fourth-order valence-electron chi connectivity index (χ4n) is 8.55. The Kier molecular flexibility index (Phi) is 7.78. The van der Waals surface area contributed by atoms with E-state index < -0.39 is 0 Å². The van der Waals surface area contributed by atoms with Gasteiger partial charge in [0.05, 0.1) is 16.9 Å². The Morgan fingerprint density at radius 3 is 1.57 bits per heavy atom. The first-order chi connectivity index (χ1) is 29.7. The van der Waals surface area contributed by atoms with Crippen LogP contribution in [0.1, 0.15) is 0 Å². The lowest BCUT2D eigenvalue weighted by molar-refractivity contribution is 0.668. The van der Waals surface area contributed by atoms with E-state index in [9.17, 15) is 0 Å². The maximum absolute atomic E-state index is 6.61. The Bertz CT molecular complexity index is 3510. The average Bonchev–Trinajstić information content (AvgIpc) is 3.91. The zero-order valence-electron chi connectivity index (χ0n) is 32.2. The van der Waals surface area contributed by atoms with E-state index in [1.54, 1.807) is 0 Å². The molecule has 0 fully saturated rings. The lowest BCUT2D eigenvalue weighted by Gasteiger charge is -2.11. The maximum atomic E-state index is 6.61. The third kappa shape index (κ3) is 5.67. The molecule has 5 heteroatoms. The van der Waals surface area contributed by atoms with Crippen LogP contribution < -0.4 is 0 Å². The zero-order chi connectivity index (χ0) is 39.6. The number of aromatic nitrogens is 3. The van der Waals surface area contributed by atoms with Crippen LogP contribution >= 0.6 is 0 Å². The fourth-order valence-corrected chi connectivity index (χ4v) is 8.55. The lowest BCUT2D eigenvalue weighted by Crippen LogP contribution is -1.95. The molecule has 0 N–H and O–H groups in total. The topological polar surface area (TPSA) is 65.0 Å². The van der Waals surface area contributed by atoms with Crippen molar-refractivity contribution < 1.29 is 8.83 Å². The van der Waals surface area contributed by atoms with Crippen molar-refractivity contribution in [2.45, 2.75) is 0 Å². The summed E-state index contributed by atoms with van der Waals surface area (Å²) in [4.78, 5) is 15.3. The molecule has 0 aliphatic rings. The van der Waals surface area contributed by atoms with Crippen molar-refractivity contribution in [2.75, 3.05) is 0 Å². The predicted octanol–water partition coefficient (Wildman–Crippen LogP) is 14.8. The maximum Gasteiger partial charge on any atom is 0.162 e. The molecule has 8 aromatic carbocycles. The van der Waals surface area contributed by atoms with Crippen molar-refractivity contribution in [1.82, 2.24) is 15.0 Å². The number of pyridine rings is 1. The van der Waals surface area contributed by atoms with Gasteiger partial charge in [0.1, 0.15) is 22.4 Å². The van der Waals surface area contributed by atoms with Crippen LogP contribution in [0.3, 0.4) is 0 Å². The first-order valence-electron chi connectivity index (χ1n) is 20.1. The predicted molar refractivity (Wildman–Crippen MR) is 245 cm³/mol. The van der Waals surface area contributed by atoms with E-state index in [4.69, 9.17) is 23.8 Å². The van der Waals surface area contributed by atoms with Gasteiger partial charge in [-0.2, -0.15) is 0 Å². The van der Waals surface area contributed by atoms with Gasteiger partial charge in [0.15, 0.2) is 11.4 Å². The third-order valence-electron chi connectivity index (χ3n) is 11.5. The van der Waals surface area contributed by atoms with E-state index in [0.717, 1.165) is 116 Å². The fraction of sp³-hybridized carbons (Fsp3) is 0. The molecule has 0 saturated heterocycles. The normalized spacial score (nSPS) is 11.7. The highest BCUT2D eigenvalue weighted by atomic mass is 16.3. The van der Waals surface area contributed by atoms with Gasteiger partial charge >= 0.3 is 0 Å². The Labute approximate surface area is 344 Å². The molecule has 0 bridgehead atoms. The molecule has 4 heterocycles.